The standard InChI is InChI=1S/C24H26N4O2/c1-15(2)21-11-22-19(12-30-23(22)9-16(21)3)10-24(29)27-17(4)18-5-7-20(8-6-18)28-14-25-13-26-28/h5-9,11-15,17H,10H2,1-4H3,(H,27,29). The monoisotopic (exact) mass is 402 g/mol. The highest BCUT2D eigenvalue weighted by Gasteiger charge is 2.16. The maximum atomic E-state index is 12.7. The Morgan fingerprint density at radius 1 is 1.17 bits per heavy atom. The van der Waals surface area contributed by atoms with Crippen molar-refractivity contribution >= 4 is 16.9 Å². The first kappa shape index (κ1) is 19.9. The molecule has 0 fully saturated rings. The highest BCUT2D eigenvalue weighted by molar-refractivity contribution is 5.88. The number of fused-ring (bicyclic) bond motifs is 1. The van der Waals surface area contributed by atoms with E-state index in [1.807, 2.05) is 31.2 Å². The largest absolute Gasteiger partial charge is 0.464 e. The summed E-state index contributed by atoms with van der Waals surface area (Å²) < 4.78 is 7.41. The van der Waals surface area contributed by atoms with E-state index in [1.54, 1.807) is 17.3 Å². The van der Waals surface area contributed by atoms with Crippen molar-refractivity contribution in [2.24, 2.45) is 0 Å². The molecule has 6 heteroatoms. The van der Waals surface area contributed by atoms with Crippen LogP contribution in [-0.2, 0) is 11.2 Å². The Bertz CT molecular complexity index is 1160. The molecule has 6 nitrogen and oxygen atoms in total. The first-order valence-corrected chi connectivity index (χ1v) is 10.2. The SMILES string of the molecule is Cc1cc2occ(CC(=O)NC(C)c3ccc(-n4cncn4)cc3)c2cc1C(C)C. The maximum absolute atomic E-state index is 12.7. The predicted octanol–water partition coefficient (Wildman–Crippen LogP) is 4.87. The molecule has 2 aromatic carbocycles. The van der Waals surface area contributed by atoms with Gasteiger partial charge < -0.3 is 9.73 Å². The molecule has 1 atom stereocenters. The van der Waals surface area contributed by atoms with Crippen molar-refractivity contribution in [2.45, 2.75) is 46.1 Å². The van der Waals surface area contributed by atoms with Gasteiger partial charge in [0.2, 0.25) is 5.91 Å². The van der Waals surface area contributed by atoms with Gasteiger partial charge >= 0.3 is 0 Å². The lowest BCUT2D eigenvalue weighted by Crippen LogP contribution is -2.28. The number of aryl methyl sites for hydroxylation is 1. The second-order valence-corrected chi connectivity index (χ2v) is 8.02. The van der Waals surface area contributed by atoms with E-state index in [1.165, 1.54) is 17.5 Å². The Labute approximate surface area is 175 Å². The van der Waals surface area contributed by atoms with E-state index in [0.29, 0.717) is 5.92 Å². The third kappa shape index (κ3) is 3.99. The van der Waals surface area contributed by atoms with Crippen LogP contribution >= 0.6 is 0 Å². The van der Waals surface area contributed by atoms with Gasteiger partial charge in [-0.05, 0) is 60.7 Å². The summed E-state index contributed by atoms with van der Waals surface area (Å²) in [7, 11) is 0. The zero-order valence-electron chi connectivity index (χ0n) is 17.7. The number of benzene rings is 2. The third-order valence-corrected chi connectivity index (χ3v) is 5.47. The van der Waals surface area contributed by atoms with Crippen molar-refractivity contribution in [3.8, 4) is 5.69 Å². The molecule has 0 spiro atoms. The zero-order chi connectivity index (χ0) is 21.3. The molecule has 1 N–H and O–H groups in total. The summed E-state index contributed by atoms with van der Waals surface area (Å²) in [4.78, 5) is 16.7. The molecule has 0 radical (unpaired) electrons. The molecule has 0 aliphatic rings. The minimum atomic E-state index is -0.103. The van der Waals surface area contributed by atoms with Gasteiger partial charge in [0, 0.05) is 10.9 Å². The summed E-state index contributed by atoms with van der Waals surface area (Å²) in [5.74, 6) is 0.392. The fourth-order valence-electron chi connectivity index (χ4n) is 3.81. The number of nitrogens with zero attached hydrogens (tertiary/aromatic N) is 3. The smallest absolute Gasteiger partial charge is 0.225 e. The van der Waals surface area contributed by atoms with E-state index < -0.39 is 0 Å². The van der Waals surface area contributed by atoms with Crippen LogP contribution in [0.5, 0.6) is 0 Å². The number of rotatable bonds is 6. The van der Waals surface area contributed by atoms with E-state index in [0.717, 1.165) is 27.8 Å². The summed E-state index contributed by atoms with van der Waals surface area (Å²) in [5, 5.41) is 8.23. The molecule has 0 saturated carbocycles. The van der Waals surface area contributed by atoms with Crippen molar-refractivity contribution in [3.05, 3.63) is 77.6 Å². The fraction of sp³-hybridized carbons (Fsp3) is 0.292. The topological polar surface area (TPSA) is 73.0 Å². The summed E-state index contributed by atoms with van der Waals surface area (Å²) in [6.07, 6.45) is 5.14. The Morgan fingerprint density at radius 3 is 2.60 bits per heavy atom. The lowest BCUT2D eigenvalue weighted by molar-refractivity contribution is -0.121. The molecule has 4 aromatic rings. The van der Waals surface area contributed by atoms with Crippen molar-refractivity contribution in [1.82, 2.24) is 20.1 Å². The van der Waals surface area contributed by atoms with E-state index >= 15 is 0 Å². The Morgan fingerprint density at radius 2 is 1.93 bits per heavy atom. The first-order valence-electron chi connectivity index (χ1n) is 10.2. The van der Waals surface area contributed by atoms with Gasteiger partial charge in [-0.25, -0.2) is 9.67 Å². The summed E-state index contributed by atoms with van der Waals surface area (Å²) in [6, 6.07) is 12.0. The number of nitrogens with one attached hydrogen (secondary N) is 1. The molecule has 4 rings (SSSR count). The molecule has 1 amide bonds. The van der Waals surface area contributed by atoms with Crippen LogP contribution < -0.4 is 5.32 Å². The third-order valence-electron chi connectivity index (χ3n) is 5.47. The molecule has 154 valence electrons. The molecule has 1 unspecified atom stereocenters. The number of carbonyl (C=O) groups is 1. The molecule has 0 aliphatic heterocycles. The van der Waals surface area contributed by atoms with Crippen LogP contribution in [0.3, 0.4) is 0 Å². The molecule has 0 bridgehead atoms. The number of hydrogen-bond acceptors (Lipinski definition) is 4. The van der Waals surface area contributed by atoms with Gasteiger partial charge in [-0.3, -0.25) is 4.79 Å². The summed E-state index contributed by atoms with van der Waals surface area (Å²) >= 11 is 0. The van der Waals surface area contributed by atoms with Crippen molar-refractivity contribution in [3.63, 3.8) is 0 Å². The van der Waals surface area contributed by atoms with Gasteiger partial charge in [0.05, 0.1) is 24.4 Å². The van der Waals surface area contributed by atoms with Gasteiger partial charge in [0.25, 0.3) is 0 Å². The number of amides is 1. The minimum Gasteiger partial charge on any atom is -0.464 e. The molecule has 2 heterocycles. The van der Waals surface area contributed by atoms with E-state index in [9.17, 15) is 4.79 Å². The highest BCUT2D eigenvalue weighted by atomic mass is 16.3. The van der Waals surface area contributed by atoms with Crippen molar-refractivity contribution < 1.29 is 9.21 Å². The van der Waals surface area contributed by atoms with Crippen LogP contribution in [0.1, 0.15) is 55.0 Å². The van der Waals surface area contributed by atoms with Crippen LogP contribution in [0.4, 0.5) is 0 Å². The van der Waals surface area contributed by atoms with Gasteiger partial charge in [-0.2, -0.15) is 5.10 Å². The second-order valence-electron chi connectivity index (χ2n) is 8.02. The van der Waals surface area contributed by atoms with Gasteiger partial charge in [0.1, 0.15) is 18.2 Å². The molecular weight excluding hydrogens is 376 g/mol. The van der Waals surface area contributed by atoms with Crippen LogP contribution in [0.2, 0.25) is 0 Å². The number of aromatic nitrogens is 3. The van der Waals surface area contributed by atoms with E-state index in [2.05, 4.69) is 48.3 Å². The molecular formula is C24H26N4O2. The summed E-state index contributed by atoms with van der Waals surface area (Å²) in [6.45, 7) is 8.43. The fourth-order valence-corrected chi connectivity index (χ4v) is 3.81. The molecule has 0 aliphatic carbocycles. The molecule has 0 saturated heterocycles. The lowest BCUT2D eigenvalue weighted by Gasteiger charge is -2.15. The van der Waals surface area contributed by atoms with Crippen LogP contribution in [0.15, 0.2) is 59.7 Å². The van der Waals surface area contributed by atoms with Crippen LogP contribution in [0, 0.1) is 6.92 Å². The van der Waals surface area contributed by atoms with Crippen molar-refractivity contribution in [2.75, 3.05) is 0 Å². The molecule has 30 heavy (non-hydrogen) atoms. The number of furan rings is 1. The average Bonchev–Trinajstić information content (AvgIpc) is 3.38. The lowest BCUT2D eigenvalue weighted by atomic mass is 9.95. The van der Waals surface area contributed by atoms with E-state index in [4.69, 9.17) is 4.42 Å². The van der Waals surface area contributed by atoms with Gasteiger partial charge in [-0.1, -0.05) is 26.0 Å². The average molecular weight is 402 g/mol. The van der Waals surface area contributed by atoms with Gasteiger partial charge in [-0.15, -0.1) is 0 Å². The highest BCUT2D eigenvalue weighted by Crippen LogP contribution is 2.29. The first-order chi connectivity index (χ1) is 14.4. The Balaban J connectivity index is 1.46. The number of hydrogen-bond donors (Lipinski definition) is 1. The zero-order valence-corrected chi connectivity index (χ0v) is 17.7. The van der Waals surface area contributed by atoms with Crippen LogP contribution in [0.25, 0.3) is 16.7 Å². The van der Waals surface area contributed by atoms with Crippen LogP contribution in [-0.4, -0.2) is 20.7 Å². The van der Waals surface area contributed by atoms with Crippen molar-refractivity contribution in [1.29, 1.82) is 0 Å². The van der Waals surface area contributed by atoms with Gasteiger partial charge in [0.15, 0.2) is 0 Å². The predicted molar refractivity (Wildman–Crippen MR) is 117 cm³/mol. The Kier molecular flexibility index (Phi) is 5.40. The minimum absolute atomic E-state index is 0.0303. The normalized spacial score (nSPS) is 12.4. The van der Waals surface area contributed by atoms with E-state index in [-0.39, 0.29) is 18.4 Å². The second kappa shape index (κ2) is 8.14. The number of carbonyl (C=O) groups excluding carboxylic acids is 1. The quantitative estimate of drug-likeness (QED) is 0.500. The molecule has 2 aromatic heterocycles. The summed E-state index contributed by atoms with van der Waals surface area (Å²) in [5.41, 5.74) is 6.20. The maximum Gasteiger partial charge on any atom is 0.225 e. The Hall–Kier alpha value is -3.41.